The van der Waals surface area contributed by atoms with Crippen LogP contribution in [-0.2, 0) is 0 Å². The molecule has 1 aromatic carbocycles. The SMILES string of the molecule is CC(C)C.CC(C)C(C)C.CC(C)C1CC1.CC(C)C1CCC1.CC(C)C1CCCC1.CC(C)c1ccccc1. The second-order valence-corrected chi connectivity index (χ2v) is 15.6. The van der Waals surface area contributed by atoms with Gasteiger partial charge in [0, 0.05) is 0 Å². The average molecular weight is 559 g/mol. The number of rotatable bonds is 5. The molecule has 3 aliphatic rings. The van der Waals surface area contributed by atoms with E-state index in [1.807, 2.05) is 6.07 Å². The Balaban J connectivity index is 0. The molecule has 0 bridgehead atoms. The van der Waals surface area contributed by atoms with E-state index in [0.717, 1.165) is 53.3 Å². The van der Waals surface area contributed by atoms with Gasteiger partial charge in [-0.1, -0.05) is 179 Å². The van der Waals surface area contributed by atoms with Crippen LogP contribution in [0.15, 0.2) is 30.3 Å². The monoisotopic (exact) mass is 559 g/mol. The van der Waals surface area contributed by atoms with Crippen LogP contribution in [0.1, 0.15) is 173 Å². The molecule has 0 saturated heterocycles. The molecule has 1 aromatic rings. The largest absolute Gasteiger partial charge is 0.0630 e. The lowest BCUT2D eigenvalue weighted by molar-refractivity contribution is 0.235. The molecule has 0 unspecified atom stereocenters. The van der Waals surface area contributed by atoms with Crippen molar-refractivity contribution in [2.75, 3.05) is 0 Å². The van der Waals surface area contributed by atoms with Crippen molar-refractivity contribution in [1.29, 1.82) is 0 Å². The Kier molecular flexibility index (Phi) is 25.6. The zero-order chi connectivity index (χ0) is 31.3. The Morgan fingerprint density at radius 3 is 0.850 bits per heavy atom. The van der Waals surface area contributed by atoms with Gasteiger partial charge in [-0.3, -0.25) is 0 Å². The second kappa shape index (κ2) is 24.8. The van der Waals surface area contributed by atoms with E-state index in [1.54, 1.807) is 0 Å². The van der Waals surface area contributed by atoms with E-state index in [0.29, 0.717) is 5.92 Å². The molecule has 3 aliphatic carbocycles. The molecule has 0 N–H and O–H groups in total. The van der Waals surface area contributed by atoms with Crippen molar-refractivity contribution in [3.63, 3.8) is 0 Å². The third kappa shape index (κ3) is 26.1. The standard InChI is InChI=1S/C9H12.C8H16.C7H14.C6H12.C6H14.C4H10/c1-8(2)9-6-4-3-5-7-9;1-7(2)8-5-3-4-6-8;1-6(2)7-4-3-5-7;1-5(2)6-3-4-6;1-5(2)6(3)4;1-4(2)3/h3-8H,1-2H3;7-8H,3-6H2,1-2H3;6-7H,3-5H2,1-2H3;5-6H,3-4H2,1-2H3;5-6H,1-4H3;4H,1-3H3. The zero-order valence-corrected chi connectivity index (χ0v) is 30.5. The van der Waals surface area contributed by atoms with Gasteiger partial charge in [-0.05, 0) is 77.6 Å². The Bertz CT molecular complexity index is 602. The van der Waals surface area contributed by atoms with Crippen LogP contribution < -0.4 is 0 Å². The predicted octanol–water partition coefficient (Wildman–Crippen LogP) is 14.1. The van der Waals surface area contributed by atoms with E-state index >= 15 is 0 Å². The molecule has 0 amide bonds. The minimum atomic E-state index is 0.659. The van der Waals surface area contributed by atoms with Crippen LogP contribution in [0, 0.1) is 53.3 Å². The van der Waals surface area contributed by atoms with Crippen molar-refractivity contribution in [3.8, 4) is 0 Å². The molecular weight excluding hydrogens is 480 g/mol. The maximum absolute atomic E-state index is 2.34. The fraction of sp³-hybridized carbons (Fsp3) is 0.850. The van der Waals surface area contributed by atoms with Crippen molar-refractivity contribution in [2.24, 2.45) is 53.3 Å². The fourth-order valence-electron chi connectivity index (χ4n) is 4.33. The summed E-state index contributed by atoms with van der Waals surface area (Å²) in [5, 5.41) is 0. The normalized spacial score (nSPS) is 16.8. The Morgan fingerprint density at radius 1 is 0.425 bits per heavy atom. The summed E-state index contributed by atoms with van der Waals surface area (Å²) in [4.78, 5) is 0. The molecule has 0 atom stereocenters. The highest BCUT2D eigenvalue weighted by molar-refractivity contribution is 5.17. The van der Waals surface area contributed by atoms with Gasteiger partial charge in [0.05, 0.1) is 0 Å². The van der Waals surface area contributed by atoms with Gasteiger partial charge in [0.15, 0.2) is 0 Å². The minimum absolute atomic E-state index is 0.659. The summed E-state index contributed by atoms with van der Waals surface area (Å²) in [5.74, 6) is 9.30. The molecule has 238 valence electrons. The molecule has 0 aliphatic heterocycles. The van der Waals surface area contributed by atoms with E-state index in [9.17, 15) is 0 Å². The van der Waals surface area contributed by atoms with Gasteiger partial charge in [0.2, 0.25) is 0 Å². The van der Waals surface area contributed by atoms with E-state index in [2.05, 4.69) is 128 Å². The van der Waals surface area contributed by atoms with Crippen molar-refractivity contribution in [3.05, 3.63) is 35.9 Å². The summed E-state index contributed by atoms with van der Waals surface area (Å²) < 4.78 is 0. The van der Waals surface area contributed by atoms with E-state index in [-0.39, 0.29) is 0 Å². The summed E-state index contributed by atoms with van der Waals surface area (Å²) in [6, 6.07) is 10.5. The highest BCUT2D eigenvalue weighted by atomic mass is 14.3. The summed E-state index contributed by atoms with van der Waals surface area (Å²) >= 11 is 0. The molecule has 0 heteroatoms. The zero-order valence-electron chi connectivity index (χ0n) is 30.5. The molecule has 0 nitrogen and oxygen atoms in total. The fourth-order valence-corrected chi connectivity index (χ4v) is 4.33. The van der Waals surface area contributed by atoms with Crippen molar-refractivity contribution in [2.45, 2.75) is 168 Å². The first kappa shape index (κ1) is 41.4. The van der Waals surface area contributed by atoms with Crippen LogP contribution in [0.4, 0.5) is 0 Å². The lowest BCUT2D eigenvalue weighted by Crippen LogP contribution is -2.16. The quantitative estimate of drug-likeness (QED) is 0.337. The lowest BCUT2D eigenvalue weighted by Gasteiger charge is -2.28. The first-order valence-electron chi connectivity index (χ1n) is 17.6. The molecule has 0 heterocycles. The molecule has 40 heavy (non-hydrogen) atoms. The van der Waals surface area contributed by atoms with Crippen molar-refractivity contribution in [1.82, 2.24) is 0 Å². The molecule has 0 spiro atoms. The van der Waals surface area contributed by atoms with Crippen molar-refractivity contribution < 1.29 is 0 Å². The lowest BCUT2D eigenvalue weighted by atomic mass is 9.78. The number of hydrogen-bond acceptors (Lipinski definition) is 0. The Morgan fingerprint density at radius 2 is 0.725 bits per heavy atom. The molecule has 4 rings (SSSR count). The van der Waals surface area contributed by atoms with E-state index in [1.165, 1.54) is 63.4 Å². The summed E-state index contributed by atoms with van der Waals surface area (Å²) in [5.41, 5.74) is 1.41. The van der Waals surface area contributed by atoms with Crippen LogP contribution in [-0.4, -0.2) is 0 Å². The van der Waals surface area contributed by atoms with Gasteiger partial charge < -0.3 is 0 Å². The van der Waals surface area contributed by atoms with Gasteiger partial charge in [-0.15, -0.1) is 0 Å². The van der Waals surface area contributed by atoms with Crippen LogP contribution in [0.3, 0.4) is 0 Å². The Hall–Kier alpha value is -0.780. The first-order valence-corrected chi connectivity index (χ1v) is 17.6. The van der Waals surface area contributed by atoms with Crippen LogP contribution >= 0.6 is 0 Å². The summed E-state index contributed by atoms with van der Waals surface area (Å²) in [7, 11) is 0. The topological polar surface area (TPSA) is 0 Å². The van der Waals surface area contributed by atoms with Gasteiger partial charge in [-0.2, -0.15) is 0 Å². The highest BCUT2D eigenvalue weighted by Gasteiger charge is 2.24. The number of hydrogen-bond donors (Lipinski definition) is 0. The third-order valence-corrected chi connectivity index (χ3v) is 8.80. The minimum Gasteiger partial charge on any atom is -0.0630 e. The van der Waals surface area contributed by atoms with Gasteiger partial charge in [-0.25, -0.2) is 0 Å². The van der Waals surface area contributed by atoms with Crippen molar-refractivity contribution >= 4 is 0 Å². The third-order valence-electron chi connectivity index (χ3n) is 8.80. The molecule has 0 radical (unpaired) electrons. The van der Waals surface area contributed by atoms with Gasteiger partial charge >= 0.3 is 0 Å². The first-order chi connectivity index (χ1) is 18.6. The van der Waals surface area contributed by atoms with E-state index < -0.39 is 0 Å². The maximum atomic E-state index is 2.34. The summed E-state index contributed by atoms with van der Waals surface area (Å²) in [6.45, 7) is 33.8. The number of benzene rings is 1. The summed E-state index contributed by atoms with van der Waals surface area (Å²) in [6.07, 6.45) is 13.5. The smallest absolute Gasteiger partial charge is 0.0219 e. The van der Waals surface area contributed by atoms with Crippen LogP contribution in [0.2, 0.25) is 0 Å². The highest BCUT2D eigenvalue weighted by Crippen LogP contribution is 2.35. The Labute approximate surface area is 256 Å². The molecule has 3 fully saturated rings. The maximum Gasteiger partial charge on any atom is -0.0219 e. The predicted molar refractivity (Wildman–Crippen MR) is 187 cm³/mol. The molecule has 0 aromatic heterocycles. The molecular formula is C40H78. The molecule has 3 saturated carbocycles. The van der Waals surface area contributed by atoms with Gasteiger partial charge in [0.1, 0.15) is 0 Å². The van der Waals surface area contributed by atoms with Crippen LogP contribution in [0.5, 0.6) is 0 Å². The van der Waals surface area contributed by atoms with E-state index in [4.69, 9.17) is 0 Å². The van der Waals surface area contributed by atoms with Gasteiger partial charge in [0.25, 0.3) is 0 Å². The average Bonchev–Trinajstić information content (AvgIpc) is 3.53. The second-order valence-electron chi connectivity index (χ2n) is 15.6. The van der Waals surface area contributed by atoms with Crippen LogP contribution in [0.25, 0.3) is 0 Å².